The molecule has 0 saturated carbocycles. The maximum absolute atomic E-state index is 11.9. The molecule has 8 heteroatoms. The Morgan fingerprint density at radius 3 is 3.22 bits per heavy atom. The molecule has 0 radical (unpaired) electrons. The van der Waals surface area contributed by atoms with Crippen molar-refractivity contribution in [2.75, 3.05) is 11.1 Å². The van der Waals surface area contributed by atoms with Crippen LogP contribution in [0.5, 0.6) is 0 Å². The van der Waals surface area contributed by atoms with Gasteiger partial charge in [-0.3, -0.25) is 10.1 Å². The number of nitrogens with zero attached hydrogens (tertiary/aromatic N) is 3. The summed E-state index contributed by atoms with van der Waals surface area (Å²) in [6.45, 7) is 0. The topological polar surface area (TPSA) is 83.6 Å². The Kier molecular flexibility index (Phi) is 3.09. The van der Waals surface area contributed by atoms with Gasteiger partial charge in [0, 0.05) is 0 Å². The van der Waals surface area contributed by atoms with Crippen LogP contribution in [0.3, 0.4) is 0 Å². The Morgan fingerprint density at radius 2 is 2.44 bits per heavy atom. The highest BCUT2D eigenvalue weighted by molar-refractivity contribution is 8.00. The molecule has 0 bridgehead atoms. The number of carbonyl (C=O) groups is 1. The minimum atomic E-state index is -0.0662. The zero-order valence-electron chi connectivity index (χ0n) is 9.31. The fourth-order valence-electron chi connectivity index (χ4n) is 1.83. The lowest BCUT2D eigenvalue weighted by Gasteiger charge is -2.08. The third-order valence-electron chi connectivity index (χ3n) is 2.70. The molecule has 1 amide bonds. The Labute approximate surface area is 112 Å². The summed E-state index contributed by atoms with van der Waals surface area (Å²) in [6, 6.07) is 0. The summed E-state index contributed by atoms with van der Waals surface area (Å²) < 4.78 is 0. The van der Waals surface area contributed by atoms with Gasteiger partial charge in [0.1, 0.15) is 5.52 Å². The predicted octanol–water partition coefficient (Wildman–Crippen LogP) is 1.84. The molecular weight excluding hydrogens is 274 g/mol. The Morgan fingerprint density at radius 1 is 1.56 bits per heavy atom. The number of amides is 1. The van der Waals surface area contributed by atoms with Crippen molar-refractivity contribution in [3.63, 3.8) is 0 Å². The van der Waals surface area contributed by atoms with E-state index in [2.05, 4.69) is 25.3 Å². The summed E-state index contributed by atoms with van der Waals surface area (Å²) in [4.78, 5) is 26.9. The molecule has 0 aliphatic carbocycles. The van der Waals surface area contributed by atoms with Crippen LogP contribution in [0.1, 0.15) is 12.8 Å². The summed E-state index contributed by atoms with van der Waals surface area (Å²) in [5.41, 5.74) is 1.02. The first-order chi connectivity index (χ1) is 8.74. The van der Waals surface area contributed by atoms with Crippen LogP contribution in [0, 0.1) is 0 Å². The number of nitrogens with one attached hydrogen (secondary N) is 2. The number of halogens is 1. The first-order valence-corrected chi connectivity index (χ1v) is 6.96. The van der Waals surface area contributed by atoms with Crippen LogP contribution in [0.15, 0.2) is 6.33 Å². The zero-order valence-corrected chi connectivity index (χ0v) is 10.9. The number of thioether (sulfide) groups is 1. The number of H-pyrrole nitrogens is 1. The van der Waals surface area contributed by atoms with Crippen LogP contribution in [-0.2, 0) is 4.79 Å². The largest absolute Gasteiger partial charge is 0.341 e. The minimum Gasteiger partial charge on any atom is -0.341 e. The molecule has 3 rings (SSSR count). The molecule has 1 aliphatic rings. The van der Waals surface area contributed by atoms with Crippen LogP contribution in [0.4, 0.5) is 5.95 Å². The van der Waals surface area contributed by atoms with E-state index in [4.69, 9.17) is 11.6 Å². The molecule has 1 saturated heterocycles. The van der Waals surface area contributed by atoms with Crippen molar-refractivity contribution < 1.29 is 4.79 Å². The van der Waals surface area contributed by atoms with Gasteiger partial charge < -0.3 is 4.98 Å². The molecule has 1 fully saturated rings. The Balaban J connectivity index is 1.83. The lowest BCUT2D eigenvalue weighted by Crippen LogP contribution is -2.24. The summed E-state index contributed by atoms with van der Waals surface area (Å²) in [7, 11) is 0. The number of carbonyl (C=O) groups excluding carboxylic acids is 1. The van der Waals surface area contributed by atoms with Gasteiger partial charge in [0.15, 0.2) is 10.8 Å². The second kappa shape index (κ2) is 4.74. The van der Waals surface area contributed by atoms with Gasteiger partial charge in [-0.25, -0.2) is 4.98 Å². The highest BCUT2D eigenvalue weighted by atomic mass is 35.5. The maximum Gasteiger partial charge on any atom is 0.239 e. The van der Waals surface area contributed by atoms with E-state index in [1.165, 1.54) is 6.33 Å². The van der Waals surface area contributed by atoms with Crippen molar-refractivity contribution >= 4 is 46.4 Å². The first-order valence-electron chi connectivity index (χ1n) is 5.53. The third-order valence-corrected chi connectivity index (χ3v) is 4.35. The van der Waals surface area contributed by atoms with Gasteiger partial charge in [-0.05, 0) is 18.6 Å². The van der Waals surface area contributed by atoms with Crippen molar-refractivity contribution in [2.45, 2.75) is 18.1 Å². The molecule has 0 spiro atoms. The monoisotopic (exact) mass is 283 g/mol. The molecular formula is C10H10ClN5OS. The average molecular weight is 284 g/mol. The minimum absolute atomic E-state index is 0.0118. The summed E-state index contributed by atoms with van der Waals surface area (Å²) in [6.07, 6.45) is 3.46. The molecule has 1 unspecified atom stereocenters. The second-order valence-electron chi connectivity index (χ2n) is 3.93. The molecule has 18 heavy (non-hydrogen) atoms. The van der Waals surface area contributed by atoms with Crippen LogP contribution in [-0.4, -0.2) is 36.8 Å². The van der Waals surface area contributed by atoms with Gasteiger partial charge in [0.2, 0.25) is 11.9 Å². The van der Waals surface area contributed by atoms with Gasteiger partial charge in [-0.1, -0.05) is 11.6 Å². The average Bonchev–Trinajstić information content (AvgIpc) is 2.99. The predicted molar refractivity (Wildman–Crippen MR) is 70.8 cm³/mol. The maximum atomic E-state index is 11.9. The standard InChI is InChI=1S/C10H10ClN5OS/c11-7-6-8(13-4-12-6)15-10(14-7)16-9(17)5-2-1-3-18-5/h4-5H,1-3H2,(H2,12,13,14,15,16,17). The number of hydrogen-bond donors (Lipinski definition) is 2. The molecule has 2 aromatic heterocycles. The lowest BCUT2D eigenvalue weighted by molar-refractivity contribution is -0.115. The SMILES string of the molecule is O=C(Nc1nc(Cl)c2[nH]cnc2n1)C1CCCS1. The van der Waals surface area contributed by atoms with Crippen molar-refractivity contribution in [2.24, 2.45) is 0 Å². The van der Waals surface area contributed by atoms with E-state index in [-0.39, 0.29) is 22.3 Å². The highest BCUT2D eigenvalue weighted by Crippen LogP contribution is 2.27. The lowest BCUT2D eigenvalue weighted by atomic mass is 10.2. The van der Waals surface area contributed by atoms with E-state index in [1.807, 2.05) is 0 Å². The van der Waals surface area contributed by atoms with Crippen LogP contribution in [0.25, 0.3) is 11.2 Å². The van der Waals surface area contributed by atoms with Crippen LogP contribution in [0.2, 0.25) is 5.15 Å². The second-order valence-corrected chi connectivity index (χ2v) is 5.60. The molecule has 2 aromatic rings. The van der Waals surface area contributed by atoms with E-state index in [9.17, 15) is 4.79 Å². The molecule has 0 aromatic carbocycles. The summed E-state index contributed by atoms with van der Waals surface area (Å²) in [5.74, 6) is 1.17. The summed E-state index contributed by atoms with van der Waals surface area (Å²) in [5, 5.41) is 2.93. The van der Waals surface area contributed by atoms with Crippen LogP contribution >= 0.6 is 23.4 Å². The molecule has 1 atom stereocenters. The van der Waals surface area contributed by atoms with Gasteiger partial charge in [0.25, 0.3) is 0 Å². The zero-order chi connectivity index (χ0) is 12.5. The van der Waals surface area contributed by atoms with E-state index in [0.29, 0.717) is 11.2 Å². The normalized spacial score (nSPS) is 19.3. The first kappa shape index (κ1) is 11.7. The third kappa shape index (κ3) is 2.15. The van der Waals surface area contributed by atoms with E-state index < -0.39 is 0 Å². The Hall–Kier alpha value is -1.34. The van der Waals surface area contributed by atoms with Gasteiger partial charge >= 0.3 is 0 Å². The molecule has 94 valence electrons. The van der Waals surface area contributed by atoms with Gasteiger partial charge in [0.05, 0.1) is 11.6 Å². The number of fused-ring (bicyclic) bond motifs is 1. The number of imidazole rings is 1. The van der Waals surface area contributed by atoms with Crippen molar-refractivity contribution in [1.29, 1.82) is 0 Å². The highest BCUT2D eigenvalue weighted by Gasteiger charge is 2.24. The molecule has 3 heterocycles. The van der Waals surface area contributed by atoms with Crippen LogP contribution < -0.4 is 5.32 Å². The quantitative estimate of drug-likeness (QED) is 0.822. The van der Waals surface area contributed by atoms with E-state index >= 15 is 0 Å². The Bertz CT molecular complexity index is 595. The van der Waals surface area contributed by atoms with Crippen molar-refractivity contribution in [3.05, 3.63) is 11.5 Å². The van der Waals surface area contributed by atoms with Crippen molar-refractivity contribution in [1.82, 2.24) is 19.9 Å². The summed E-state index contributed by atoms with van der Waals surface area (Å²) >= 11 is 7.62. The number of hydrogen-bond acceptors (Lipinski definition) is 5. The fourth-order valence-corrected chi connectivity index (χ4v) is 3.21. The van der Waals surface area contributed by atoms with Gasteiger partial charge in [-0.2, -0.15) is 9.97 Å². The number of aromatic nitrogens is 4. The molecule has 6 nitrogen and oxygen atoms in total. The fraction of sp³-hybridized carbons (Fsp3) is 0.400. The van der Waals surface area contributed by atoms with Crippen molar-refractivity contribution in [3.8, 4) is 0 Å². The molecule has 2 N–H and O–H groups in total. The number of aromatic amines is 1. The van der Waals surface area contributed by atoms with E-state index in [0.717, 1.165) is 18.6 Å². The van der Waals surface area contributed by atoms with E-state index in [1.54, 1.807) is 11.8 Å². The molecule has 1 aliphatic heterocycles. The smallest absolute Gasteiger partial charge is 0.239 e. The number of anilines is 1. The number of rotatable bonds is 2. The van der Waals surface area contributed by atoms with Gasteiger partial charge in [-0.15, -0.1) is 11.8 Å².